The molecule has 0 saturated carbocycles. The fourth-order valence-electron chi connectivity index (χ4n) is 1.38. The van der Waals surface area contributed by atoms with Gasteiger partial charge in [0.2, 0.25) is 5.91 Å². The van der Waals surface area contributed by atoms with Crippen molar-refractivity contribution in [2.24, 2.45) is 5.73 Å². The van der Waals surface area contributed by atoms with Gasteiger partial charge in [0.05, 0.1) is 0 Å². The number of fused-ring (bicyclic) bond motifs is 1. The van der Waals surface area contributed by atoms with E-state index in [4.69, 9.17) is 5.73 Å². The summed E-state index contributed by atoms with van der Waals surface area (Å²) in [4.78, 5) is 33.4. The maximum absolute atomic E-state index is 11.7. The van der Waals surface area contributed by atoms with Gasteiger partial charge in [0.15, 0.2) is 5.65 Å². The third-order valence-electron chi connectivity index (χ3n) is 2.04. The minimum absolute atomic E-state index is 0.358. The first-order valence-electron chi connectivity index (χ1n) is 4.71. The zero-order valence-electron chi connectivity index (χ0n) is 8.66. The Morgan fingerprint density at radius 2 is 2.18 bits per heavy atom. The van der Waals surface area contributed by atoms with E-state index in [9.17, 15) is 14.4 Å². The summed E-state index contributed by atoms with van der Waals surface area (Å²) < 4.78 is 2.24. The molecule has 0 aliphatic carbocycles. The summed E-state index contributed by atoms with van der Waals surface area (Å²) in [6, 6.07) is 4.05. The van der Waals surface area contributed by atoms with Crippen molar-refractivity contribution in [3.8, 4) is 0 Å². The first-order chi connectivity index (χ1) is 8.08. The van der Waals surface area contributed by atoms with Gasteiger partial charge in [0, 0.05) is 6.20 Å². The van der Waals surface area contributed by atoms with Crippen molar-refractivity contribution in [1.82, 2.24) is 19.5 Å². The van der Waals surface area contributed by atoms with E-state index in [1.165, 1.54) is 10.6 Å². The van der Waals surface area contributed by atoms with Crippen molar-refractivity contribution < 1.29 is 9.59 Å². The lowest BCUT2D eigenvalue weighted by atomic mass is 10.5. The van der Waals surface area contributed by atoms with Crippen molar-refractivity contribution in [2.75, 3.05) is 0 Å². The smallest absolute Gasteiger partial charge is 0.350 e. The predicted octanol–water partition coefficient (Wildman–Crippen LogP) is -1.31. The highest BCUT2D eigenvalue weighted by Gasteiger charge is 2.10. The van der Waals surface area contributed by atoms with E-state index in [0.29, 0.717) is 5.65 Å². The summed E-state index contributed by atoms with van der Waals surface area (Å²) in [6.45, 7) is -0.358. The largest absolute Gasteiger partial charge is 0.351 e. The molecule has 2 aromatic rings. The average molecular weight is 235 g/mol. The molecule has 2 aromatic heterocycles. The maximum atomic E-state index is 11.7. The van der Waals surface area contributed by atoms with E-state index in [1.54, 1.807) is 18.2 Å². The molecule has 2 rings (SSSR count). The monoisotopic (exact) mass is 235 g/mol. The number of carbonyl (C=O) groups is 2. The summed E-state index contributed by atoms with van der Waals surface area (Å²) in [6.07, 6.45) is 1.53. The number of pyridine rings is 1. The highest BCUT2D eigenvalue weighted by atomic mass is 16.2. The highest BCUT2D eigenvalue weighted by Crippen LogP contribution is 1.94. The molecule has 0 saturated heterocycles. The lowest BCUT2D eigenvalue weighted by Crippen LogP contribution is -2.39. The van der Waals surface area contributed by atoms with Crippen LogP contribution < -0.4 is 16.7 Å². The zero-order chi connectivity index (χ0) is 12.4. The van der Waals surface area contributed by atoms with Crippen LogP contribution in [0.25, 0.3) is 5.65 Å². The number of hydrogen-bond donors (Lipinski definition) is 2. The number of imide groups is 1. The Kier molecular flexibility index (Phi) is 2.61. The second-order valence-corrected chi connectivity index (χ2v) is 3.28. The van der Waals surface area contributed by atoms with E-state index < -0.39 is 17.6 Å². The molecule has 0 spiro atoms. The van der Waals surface area contributed by atoms with Gasteiger partial charge in [-0.25, -0.2) is 14.3 Å². The molecule has 2 heterocycles. The number of hydrogen-bond acceptors (Lipinski definition) is 4. The molecule has 0 fully saturated rings. The Labute approximate surface area is 94.6 Å². The first kappa shape index (κ1) is 10.9. The van der Waals surface area contributed by atoms with Crippen LogP contribution in [0.2, 0.25) is 0 Å². The number of nitrogens with two attached hydrogens (primary N) is 1. The quantitative estimate of drug-likeness (QED) is 0.673. The molecule has 0 aliphatic rings. The fraction of sp³-hybridized carbons (Fsp3) is 0.111. The Morgan fingerprint density at radius 3 is 2.82 bits per heavy atom. The first-order valence-corrected chi connectivity index (χ1v) is 4.71. The van der Waals surface area contributed by atoms with E-state index in [-0.39, 0.29) is 6.54 Å². The van der Waals surface area contributed by atoms with Crippen molar-refractivity contribution in [3.05, 3.63) is 34.9 Å². The van der Waals surface area contributed by atoms with Gasteiger partial charge in [-0.05, 0) is 12.1 Å². The molecule has 8 nitrogen and oxygen atoms in total. The summed E-state index contributed by atoms with van der Waals surface area (Å²) >= 11 is 0. The molecule has 3 amide bonds. The molecule has 8 heteroatoms. The predicted molar refractivity (Wildman–Crippen MR) is 57.2 cm³/mol. The zero-order valence-corrected chi connectivity index (χ0v) is 8.66. The molecule has 0 bridgehead atoms. The number of amides is 3. The Bertz CT molecular complexity index is 641. The topological polar surface area (TPSA) is 111 Å². The maximum Gasteiger partial charge on any atom is 0.350 e. The van der Waals surface area contributed by atoms with Crippen molar-refractivity contribution >= 4 is 17.6 Å². The van der Waals surface area contributed by atoms with Gasteiger partial charge in [0.25, 0.3) is 0 Å². The highest BCUT2D eigenvalue weighted by molar-refractivity contribution is 5.93. The fourth-order valence-corrected chi connectivity index (χ4v) is 1.38. The van der Waals surface area contributed by atoms with Crippen LogP contribution >= 0.6 is 0 Å². The van der Waals surface area contributed by atoms with Crippen molar-refractivity contribution in [2.45, 2.75) is 6.54 Å². The minimum Gasteiger partial charge on any atom is -0.351 e. The molecule has 0 aromatic carbocycles. The van der Waals surface area contributed by atoms with Crippen molar-refractivity contribution in [3.63, 3.8) is 0 Å². The van der Waals surface area contributed by atoms with Gasteiger partial charge >= 0.3 is 11.7 Å². The van der Waals surface area contributed by atoms with Crippen LogP contribution in [-0.4, -0.2) is 26.1 Å². The van der Waals surface area contributed by atoms with E-state index in [1.807, 2.05) is 5.32 Å². The van der Waals surface area contributed by atoms with Gasteiger partial charge in [-0.3, -0.25) is 14.5 Å². The van der Waals surface area contributed by atoms with Crippen LogP contribution in [0.15, 0.2) is 29.2 Å². The Balaban J connectivity index is 2.31. The lowest BCUT2D eigenvalue weighted by molar-refractivity contribution is -0.120. The molecular weight excluding hydrogens is 226 g/mol. The SMILES string of the molecule is NC(=O)NC(=O)Cn1nc2ccccn2c1=O. The van der Waals surface area contributed by atoms with Gasteiger partial charge in [-0.1, -0.05) is 6.07 Å². The standard InChI is InChI=1S/C9H9N5O3/c10-8(16)11-7(15)5-14-9(17)13-4-2-1-3-6(13)12-14/h1-4H,5H2,(H3,10,11,15,16). The number of rotatable bonds is 2. The van der Waals surface area contributed by atoms with Gasteiger partial charge < -0.3 is 5.73 Å². The molecule has 0 aliphatic heterocycles. The number of carbonyl (C=O) groups excluding carboxylic acids is 2. The van der Waals surface area contributed by atoms with Crippen LogP contribution in [0, 0.1) is 0 Å². The summed E-state index contributed by atoms with van der Waals surface area (Å²) in [5.41, 5.74) is 4.74. The molecule has 3 N–H and O–H groups in total. The summed E-state index contributed by atoms with van der Waals surface area (Å²) in [5, 5.41) is 5.77. The van der Waals surface area contributed by atoms with E-state index in [0.717, 1.165) is 4.68 Å². The summed E-state index contributed by atoms with van der Waals surface area (Å²) in [7, 11) is 0. The molecule has 0 atom stereocenters. The summed E-state index contributed by atoms with van der Waals surface area (Å²) in [5.74, 6) is -0.692. The lowest BCUT2D eigenvalue weighted by Gasteiger charge is -1.98. The third-order valence-corrected chi connectivity index (χ3v) is 2.04. The van der Waals surface area contributed by atoms with E-state index in [2.05, 4.69) is 5.10 Å². The minimum atomic E-state index is -0.966. The van der Waals surface area contributed by atoms with Crippen LogP contribution in [0.1, 0.15) is 0 Å². The molecule has 17 heavy (non-hydrogen) atoms. The molecule has 0 radical (unpaired) electrons. The second-order valence-electron chi connectivity index (χ2n) is 3.28. The molecule has 88 valence electrons. The average Bonchev–Trinajstić information content (AvgIpc) is 2.55. The number of nitrogens with zero attached hydrogens (tertiary/aromatic N) is 3. The molecular formula is C9H9N5O3. The number of primary amides is 1. The van der Waals surface area contributed by atoms with Crippen molar-refractivity contribution in [1.29, 1.82) is 0 Å². The van der Waals surface area contributed by atoms with Gasteiger partial charge in [-0.2, -0.15) is 0 Å². The number of nitrogens with one attached hydrogen (secondary N) is 1. The van der Waals surface area contributed by atoms with Gasteiger partial charge in [0.1, 0.15) is 6.54 Å². The van der Waals surface area contributed by atoms with Crippen LogP contribution in [0.5, 0.6) is 0 Å². The second kappa shape index (κ2) is 4.08. The Hall–Kier alpha value is -2.64. The molecule has 0 unspecified atom stereocenters. The normalized spacial score (nSPS) is 10.4. The third kappa shape index (κ3) is 2.14. The van der Waals surface area contributed by atoms with Crippen LogP contribution in [-0.2, 0) is 11.3 Å². The van der Waals surface area contributed by atoms with E-state index >= 15 is 0 Å². The number of aromatic nitrogens is 3. The van der Waals surface area contributed by atoms with Gasteiger partial charge in [-0.15, -0.1) is 5.10 Å². The van der Waals surface area contributed by atoms with Crippen LogP contribution in [0.4, 0.5) is 4.79 Å². The van der Waals surface area contributed by atoms with Crippen LogP contribution in [0.3, 0.4) is 0 Å². The Morgan fingerprint density at radius 1 is 1.41 bits per heavy atom. The number of urea groups is 1.